The highest BCUT2D eigenvalue weighted by Crippen LogP contribution is 2.31. The van der Waals surface area contributed by atoms with Gasteiger partial charge in [0.25, 0.3) is 17.7 Å². The minimum absolute atomic E-state index is 0.195. The van der Waals surface area contributed by atoms with E-state index in [1.807, 2.05) is 32.0 Å². The largest absolute Gasteiger partial charge is 0.334 e. The van der Waals surface area contributed by atoms with Gasteiger partial charge in [-0.2, -0.15) is 0 Å². The SMILES string of the molecule is CCN(Cc1ccc(Cl)s1)C(=O)c1ccc2c(c1)C(=O)N(c1ccccc1C)C2=O. The van der Waals surface area contributed by atoms with E-state index in [-0.39, 0.29) is 17.4 Å². The third-order valence-electron chi connectivity index (χ3n) is 5.13. The molecular weight excluding hydrogens is 420 g/mol. The molecule has 1 aliphatic rings. The van der Waals surface area contributed by atoms with Gasteiger partial charge in [-0.15, -0.1) is 11.3 Å². The fraction of sp³-hybridized carbons (Fsp3) is 0.174. The summed E-state index contributed by atoms with van der Waals surface area (Å²) in [4.78, 5) is 42.8. The van der Waals surface area contributed by atoms with E-state index in [4.69, 9.17) is 11.6 Å². The van der Waals surface area contributed by atoms with E-state index in [1.165, 1.54) is 22.3 Å². The average molecular weight is 439 g/mol. The van der Waals surface area contributed by atoms with Gasteiger partial charge >= 0.3 is 0 Å². The lowest BCUT2D eigenvalue weighted by molar-refractivity contribution is 0.0753. The first-order chi connectivity index (χ1) is 14.4. The first-order valence-electron chi connectivity index (χ1n) is 9.52. The molecule has 7 heteroatoms. The maximum atomic E-state index is 13.1. The van der Waals surface area contributed by atoms with Crippen LogP contribution < -0.4 is 4.90 Å². The number of amides is 3. The van der Waals surface area contributed by atoms with Crippen molar-refractivity contribution in [2.75, 3.05) is 11.4 Å². The zero-order chi connectivity index (χ0) is 21.4. The molecule has 0 atom stereocenters. The zero-order valence-electron chi connectivity index (χ0n) is 16.5. The zero-order valence-corrected chi connectivity index (χ0v) is 18.1. The van der Waals surface area contributed by atoms with Crippen LogP contribution in [0.15, 0.2) is 54.6 Å². The van der Waals surface area contributed by atoms with E-state index in [9.17, 15) is 14.4 Å². The molecule has 0 N–H and O–H groups in total. The number of halogens is 1. The number of aryl methyl sites for hydroxylation is 1. The number of carbonyl (C=O) groups is 3. The predicted molar refractivity (Wildman–Crippen MR) is 119 cm³/mol. The number of hydrogen-bond acceptors (Lipinski definition) is 4. The topological polar surface area (TPSA) is 57.7 Å². The minimum atomic E-state index is -0.410. The Morgan fingerprint density at radius 1 is 1.03 bits per heavy atom. The quantitative estimate of drug-likeness (QED) is 0.516. The van der Waals surface area contributed by atoms with Crippen LogP contribution >= 0.6 is 22.9 Å². The summed E-state index contributed by atoms with van der Waals surface area (Å²) in [6.45, 7) is 4.69. The van der Waals surface area contributed by atoms with Crippen LogP contribution in [-0.2, 0) is 6.54 Å². The number of fused-ring (bicyclic) bond motifs is 1. The Labute approximate surface area is 183 Å². The highest BCUT2D eigenvalue weighted by atomic mass is 35.5. The number of rotatable bonds is 5. The van der Waals surface area contributed by atoms with Gasteiger partial charge in [0.2, 0.25) is 0 Å². The molecule has 3 aromatic rings. The number of nitrogens with zero attached hydrogens (tertiary/aromatic N) is 2. The summed E-state index contributed by atoms with van der Waals surface area (Å²) in [5.74, 6) is -0.977. The molecule has 2 heterocycles. The predicted octanol–water partition coefficient (Wildman–Crippen LogP) is 5.17. The van der Waals surface area contributed by atoms with Crippen LogP contribution in [0.4, 0.5) is 5.69 Å². The number of imide groups is 1. The molecule has 0 saturated carbocycles. The van der Waals surface area contributed by atoms with Crippen LogP contribution in [0.1, 0.15) is 48.4 Å². The van der Waals surface area contributed by atoms with E-state index in [2.05, 4.69) is 0 Å². The van der Waals surface area contributed by atoms with Crippen LogP contribution in [0, 0.1) is 6.92 Å². The van der Waals surface area contributed by atoms with Gasteiger partial charge in [-0.25, -0.2) is 4.90 Å². The van der Waals surface area contributed by atoms with Crippen molar-refractivity contribution in [1.82, 2.24) is 4.90 Å². The van der Waals surface area contributed by atoms with Gasteiger partial charge < -0.3 is 4.90 Å². The summed E-state index contributed by atoms with van der Waals surface area (Å²) in [6.07, 6.45) is 0. The lowest BCUT2D eigenvalue weighted by atomic mass is 10.0. The van der Waals surface area contributed by atoms with Gasteiger partial charge in [-0.3, -0.25) is 14.4 Å². The number of thiophene rings is 1. The minimum Gasteiger partial charge on any atom is -0.334 e. The first kappa shape index (κ1) is 20.3. The van der Waals surface area contributed by atoms with E-state index in [0.717, 1.165) is 10.4 Å². The average Bonchev–Trinajstić information content (AvgIpc) is 3.26. The second-order valence-electron chi connectivity index (χ2n) is 7.02. The normalized spacial score (nSPS) is 13.0. The molecule has 0 bridgehead atoms. The lowest BCUT2D eigenvalue weighted by Gasteiger charge is -2.20. The molecule has 3 amide bonds. The number of carbonyl (C=O) groups excluding carboxylic acids is 3. The van der Waals surface area contributed by atoms with Crippen molar-refractivity contribution in [3.8, 4) is 0 Å². The number of para-hydroxylation sites is 1. The van der Waals surface area contributed by atoms with Crippen molar-refractivity contribution in [3.63, 3.8) is 0 Å². The Bertz CT molecular complexity index is 1170. The number of benzene rings is 2. The summed E-state index contributed by atoms with van der Waals surface area (Å²) < 4.78 is 0.673. The van der Waals surface area contributed by atoms with Gasteiger partial charge in [-0.1, -0.05) is 29.8 Å². The van der Waals surface area contributed by atoms with E-state index < -0.39 is 5.91 Å². The Balaban J connectivity index is 1.64. The third-order valence-corrected chi connectivity index (χ3v) is 6.35. The summed E-state index contributed by atoms with van der Waals surface area (Å²) in [7, 11) is 0. The number of anilines is 1. The van der Waals surface area contributed by atoms with E-state index in [0.29, 0.717) is 34.2 Å². The van der Waals surface area contributed by atoms with E-state index >= 15 is 0 Å². The van der Waals surface area contributed by atoms with Crippen LogP contribution in [-0.4, -0.2) is 29.2 Å². The maximum Gasteiger partial charge on any atom is 0.266 e. The molecule has 0 spiro atoms. The fourth-order valence-corrected chi connectivity index (χ4v) is 4.64. The lowest BCUT2D eigenvalue weighted by Crippen LogP contribution is -2.30. The van der Waals surface area contributed by atoms with Crippen LogP contribution in [0.2, 0.25) is 4.34 Å². The molecule has 4 rings (SSSR count). The molecule has 0 fully saturated rings. The van der Waals surface area contributed by atoms with Crippen LogP contribution in [0.5, 0.6) is 0 Å². The second-order valence-corrected chi connectivity index (χ2v) is 8.82. The molecule has 2 aromatic carbocycles. The van der Waals surface area contributed by atoms with Crippen LogP contribution in [0.25, 0.3) is 0 Å². The van der Waals surface area contributed by atoms with E-state index in [1.54, 1.807) is 35.2 Å². The van der Waals surface area contributed by atoms with Crippen molar-refractivity contribution in [2.24, 2.45) is 0 Å². The van der Waals surface area contributed by atoms with Crippen molar-refractivity contribution in [1.29, 1.82) is 0 Å². The molecule has 1 aliphatic heterocycles. The Kier molecular flexibility index (Phi) is 5.45. The van der Waals surface area contributed by atoms with Crippen molar-refractivity contribution < 1.29 is 14.4 Å². The highest BCUT2D eigenvalue weighted by molar-refractivity contribution is 7.16. The smallest absolute Gasteiger partial charge is 0.266 e. The molecular formula is C23H19ClN2O3S. The maximum absolute atomic E-state index is 13.1. The summed E-state index contributed by atoms with van der Waals surface area (Å²) >= 11 is 7.42. The fourth-order valence-electron chi connectivity index (χ4n) is 3.54. The van der Waals surface area contributed by atoms with Gasteiger partial charge in [0.15, 0.2) is 0 Å². The molecule has 0 saturated heterocycles. The van der Waals surface area contributed by atoms with Gasteiger partial charge in [0.05, 0.1) is 27.7 Å². The Hall–Kier alpha value is -2.96. The van der Waals surface area contributed by atoms with Crippen molar-refractivity contribution in [2.45, 2.75) is 20.4 Å². The van der Waals surface area contributed by atoms with Gasteiger partial charge in [0, 0.05) is 17.0 Å². The molecule has 0 aliphatic carbocycles. The Morgan fingerprint density at radius 2 is 1.77 bits per heavy atom. The molecule has 30 heavy (non-hydrogen) atoms. The molecule has 0 radical (unpaired) electrons. The molecule has 1 aromatic heterocycles. The van der Waals surface area contributed by atoms with Crippen molar-refractivity contribution >= 4 is 46.3 Å². The standard InChI is InChI=1S/C23H19ClN2O3S/c1-3-25(13-16-9-11-20(24)30-16)21(27)15-8-10-17-18(12-15)23(29)26(22(17)28)19-7-5-4-6-14(19)2/h4-12H,3,13H2,1-2H3. The highest BCUT2D eigenvalue weighted by Gasteiger charge is 2.37. The monoisotopic (exact) mass is 438 g/mol. The molecule has 0 unspecified atom stereocenters. The van der Waals surface area contributed by atoms with Gasteiger partial charge in [0.1, 0.15) is 0 Å². The number of hydrogen-bond donors (Lipinski definition) is 0. The molecule has 152 valence electrons. The van der Waals surface area contributed by atoms with Crippen LogP contribution in [0.3, 0.4) is 0 Å². The van der Waals surface area contributed by atoms with Gasteiger partial charge in [-0.05, 0) is 55.8 Å². The summed E-state index contributed by atoms with van der Waals surface area (Å²) in [5, 5.41) is 0. The summed E-state index contributed by atoms with van der Waals surface area (Å²) in [5.41, 5.74) is 2.33. The third kappa shape index (κ3) is 3.53. The van der Waals surface area contributed by atoms with Crippen molar-refractivity contribution in [3.05, 3.63) is 86.1 Å². The second kappa shape index (κ2) is 8.05. The summed E-state index contributed by atoms with van der Waals surface area (Å²) in [6, 6.07) is 15.6. The molecule has 5 nitrogen and oxygen atoms in total. The Morgan fingerprint density at radius 3 is 2.43 bits per heavy atom. The first-order valence-corrected chi connectivity index (χ1v) is 10.7.